The zero-order valence-electron chi connectivity index (χ0n) is 18.3. The lowest BCUT2D eigenvalue weighted by atomic mass is 9.87. The van der Waals surface area contributed by atoms with E-state index in [1.54, 1.807) is 0 Å². The van der Waals surface area contributed by atoms with Gasteiger partial charge in [0.2, 0.25) is 0 Å². The van der Waals surface area contributed by atoms with Crippen LogP contribution in [0.25, 0.3) is 0 Å². The summed E-state index contributed by atoms with van der Waals surface area (Å²) in [5.41, 5.74) is 0. The third-order valence-electron chi connectivity index (χ3n) is 5.67. The van der Waals surface area contributed by atoms with Gasteiger partial charge in [-0.15, -0.1) is 10.3 Å². The summed E-state index contributed by atoms with van der Waals surface area (Å²) in [5.74, 6) is -16.6. The maximum absolute atomic E-state index is 14.2. The minimum atomic E-state index is -7.39. The molecule has 0 unspecified atom stereocenters. The van der Waals surface area contributed by atoms with Gasteiger partial charge in [-0.05, 0) is 12.8 Å². The topological polar surface area (TPSA) is 60.4 Å². The minimum absolute atomic E-state index is 0.434. The lowest BCUT2D eigenvalue weighted by Crippen LogP contribution is -2.63. The lowest BCUT2D eigenvalue weighted by molar-refractivity contribution is -0.382. The Kier molecular flexibility index (Phi) is 8.96. The largest absolute Gasteiger partial charge is 0.460 e. The molecule has 0 aromatic rings. The summed E-state index contributed by atoms with van der Waals surface area (Å²) in [7, 11) is -10.6. The van der Waals surface area contributed by atoms with Crippen molar-refractivity contribution in [2.75, 3.05) is 5.75 Å². The Morgan fingerprint density at radius 3 is 1.61 bits per heavy atom. The fraction of sp³-hybridized carbons (Fsp3) is 0.944. The Bertz CT molecular complexity index is 794. The van der Waals surface area contributed by atoms with Crippen LogP contribution >= 0.6 is 10.3 Å². The Morgan fingerprint density at radius 1 is 0.818 bits per heavy atom. The Hall–Kier alpha value is -0.700. The Morgan fingerprint density at radius 2 is 1.24 bits per heavy atom. The summed E-state index contributed by atoms with van der Waals surface area (Å²) in [6.45, 7) is 5.05. The van der Waals surface area contributed by atoms with Crippen molar-refractivity contribution >= 4 is 26.2 Å². The van der Waals surface area contributed by atoms with Gasteiger partial charge in [0, 0.05) is 16.4 Å². The number of hydrogen-bond acceptors (Lipinski definition) is 4. The van der Waals surface area contributed by atoms with Crippen LogP contribution in [-0.2, 0) is 18.5 Å². The van der Waals surface area contributed by atoms with Crippen molar-refractivity contribution in [3.8, 4) is 0 Å². The van der Waals surface area contributed by atoms with Crippen LogP contribution in [0.3, 0.4) is 0 Å². The van der Waals surface area contributed by atoms with E-state index in [-0.39, 0.29) is 0 Å². The highest BCUT2D eigenvalue weighted by Crippen LogP contribution is 2.63. The second-order valence-corrected chi connectivity index (χ2v) is 14.2. The molecular formula is C18H27F9O4S2. The molecular weight excluding hydrogens is 515 g/mol. The summed E-state index contributed by atoms with van der Waals surface area (Å²) in [6.07, 6.45) is -4.11. The number of Topliss-reactive ketones (excluding diaryl/α,β-unsaturated/α-hetero) is 1. The molecule has 198 valence electrons. The third-order valence-corrected chi connectivity index (χ3v) is 12.2. The Labute approximate surface area is 188 Å². The molecule has 1 aliphatic rings. The molecule has 1 aliphatic carbocycles. The first kappa shape index (κ1) is 30.3. The average molecular weight is 543 g/mol. The smallest absolute Gasteiger partial charge is 0.298 e. The fourth-order valence-electron chi connectivity index (χ4n) is 3.55. The molecule has 0 aromatic carbocycles. The van der Waals surface area contributed by atoms with Crippen molar-refractivity contribution in [1.29, 1.82) is 0 Å². The molecule has 0 aliphatic heterocycles. The highest BCUT2D eigenvalue weighted by Gasteiger charge is 2.86. The van der Waals surface area contributed by atoms with Crippen LogP contribution in [-0.4, -0.2) is 53.7 Å². The molecule has 0 N–H and O–H groups in total. The first-order valence-corrected chi connectivity index (χ1v) is 13.3. The third kappa shape index (κ3) is 5.44. The van der Waals surface area contributed by atoms with Gasteiger partial charge < -0.3 is 0 Å². The van der Waals surface area contributed by atoms with Crippen LogP contribution in [0.1, 0.15) is 59.8 Å². The van der Waals surface area contributed by atoms with E-state index < -0.39 is 71.7 Å². The van der Waals surface area contributed by atoms with Gasteiger partial charge in [0.15, 0.2) is 0 Å². The zero-order valence-corrected chi connectivity index (χ0v) is 20.0. The number of carbonyl (C=O) groups excluding carboxylic acids is 1. The summed E-state index contributed by atoms with van der Waals surface area (Å²) >= 11 is 0. The highest BCUT2D eigenvalue weighted by molar-refractivity contribution is 8.34. The summed E-state index contributed by atoms with van der Waals surface area (Å²) in [5, 5.41) is -8.99. The SMILES string of the molecule is CC(C)S(CC(=O)C1CCCCC1)(OS(=O)(=O)C(F)(F)C(F)(F)C(F)(F)C(F)(F)F)C(C)C. The van der Waals surface area contributed by atoms with Gasteiger partial charge in [-0.25, -0.2) is 3.63 Å². The van der Waals surface area contributed by atoms with Gasteiger partial charge in [0.1, 0.15) is 5.78 Å². The molecule has 0 aromatic heterocycles. The summed E-state index contributed by atoms with van der Waals surface area (Å²) < 4.78 is 148. The molecule has 0 saturated heterocycles. The molecule has 0 heterocycles. The van der Waals surface area contributed by atoms with Crippen LogP contribution in [0.4, 0.5) is 39.5 Å². The predicted octanol–water partition coefficient (Wildman–Crippen LogP) is 6.44. The van der Waals surface area contributed by atoms with Crippen molar-refractivity contribution in [1.82, 2.24) is 0 Å². The quantitative estimate of drug-likeness (QED) is 0.298. The average Bonchev–Trinajstić information content (AvgIpc) is 2.66. The van der Waals surface area contributed by atoms with Gasteiger partial charge in [0.05, 0.1) is 5.75 Å². The standard InChI is InChI=1S/C18H27F9O4S2/c1-11(2)32(12(3)4,10-14(28)13-8-6-5-7-9-13)31-33(29,30)18(26,27)16(21,22)15(19,20)17(23,24)25/h11-13H,5-10H2,1-4H3. The number of ketones is 1. The second-order valence-electron chi connectivity index (χ2n) is 8.51. The van der Waals surface area contributed by atoms with Crippen molar-refractivity contribution in [2.45, 2.75) is 93.6 Å². The number of hydrogen-bond donors (Lipinski definition) is 0. The lowest BCUT2D eigenvalue weighted by Gasteiger charge is -2.46. The molecule has 0 amide bonds. The molecule has 1 saturated carbocycles. The number of carbonyl (C=O) groups is 1. The molecule has 15 heteroatoms. The van der Waals surface area contributed by atoms with Crippen molar-refractivity contribution in [2.24, 2.45) is 5.92 Å². The maximum Gasteiger partial charge on any atom is 0.460 e. The maximum atomic E-state index is 14.2. The molecule has 4 nitrogen and oxygen atoms in total. The minimum Gasteiger partial charge on any atom is -0.298 e. The van der Waals surface area contributed by atoms with E-state index in [2.05, 4.69) is 3.63 Å². The molecule has 0 bridgehead atoms. The van der Waals surface area contributed by atoms with Crippen LogP contribution < -0.4 is 0 Å². The van der Waals surface area contributed by atoms with E-state index in [9.17, 15) is 52.7 Å². The second kappa shape index (κ2) is 9.75. The number of halogens is 9. The van der Waals surface area contributed by atoms with Gasteiger partial charge in [-0.2, -0.15) is 47.9 Å². The van der Waals surface area contributed by atoms with E-state index in [4.69, 9.17) is 0 Å². The zero-order chi connectivity index (χ0) is 26.3. The molecule has 1 rings (SSSR count). The van der Waals surface area contributed by atoms with E-state index in [1.165, 1.54) is 27.7 Å². The molecule has 0 radical (unpaired) electrons. The van der Waals surface area contributed by atoms with Gasteiger partial charge in [-0.3, -0.25) is 4.79 Å². The van der Waals surface area contributed by atoms with Crippen LogP contribution in [0.5, 0.6) is 0 Å². The van der Waals surface area contributed by atoms with E-state index >= 15 is 0 Å². The number of alkyl halides is 9. The van der Waals surface area contributed by atoms with Crippen LogP contribution in [0.2, 0.25) is 0 Å². The van der Waals surface area contributed by atoms with E-state index in [1.807, 2.05) is 0 Å². The summed E-state index contributed by atoms with van der Waals surface area (Å²) in [6, 6.07) is 0. The molecule has 0 spiro atoms. The van der Waals surface area contributed by atoms with Gasteiger partial charge in [-0.1, -0.05) is 47.0 Å². The first-order valence-electron chi connectivity index (χ1n) is 10.1. The molecule has 0 atom stereocenters. The monoisotopic (exact) mass is 542 g/mol. The first-order chi connectivity index (χ1) is 14.6. The van der Waals surface area contributed by atoms with Crippen molar-refractivity contribution in [3.05, 3.63) is 0 Å². The van der Waals surface area contributed by atoms with Crippen LogP contribution in [0.15, 0.2) is 0 Å². The molecule has 1 fully saturated rings. The van der Waals surface area contributed by atoms with E-state index in [0.717, 1.165) is 6.42 Å². The fourth-order valence-corrected chi connectivity index (χ4v) is 9.55. The van der Waals surface area contributed by atoms with Gasteiger partial charge in [0.25, 0.3) is 0 Å². The Balaban J connectivity index is 3.47. The normalized spacial score (nSPS) is 18.8. The molecule has 33 heavy (non-hydrogen) atoms. The number of rotatable bonds is 10. The van der Waals surface area contributed by atoms with Crippen molar-refractivity contribution in [3.63, 3.8) is 0 Å². The predicted molar refractivity (Wildman–Crippen MR) is 105 cm³/mol. The highest BCUT2D eigenvalue weighted by atomic mass is 32.3. The summed E-state index contributed by atoms with van der Waals surface area (Å²) in [4.78, 5) is 12.8. The van der Waals surface area contributed by atoms with Crippen LogP contribution in [0, 0.1) is 5.92 Å². The van der Waals surface area contributed by atoms with E-state index in [0.29, 0.717) is 25.7 Å². The van der Waals surface area contributed by atoms with Gasteiger partial charge >= 0.3 is 33.4 Å². The van der Waals surface area contributed by atoms with Crippen molar-refractivity contribution < 1.29 is 56.4 Å².